The Morgan fingerprint density at radius 3 is 2.55 bits per heavy atom. The van der Waals surface area contributed by atoms with Crippen molar-refractivity contribution in [2.24, 2.45) is 4.99 Å². The predicted molar refractivity (Wildman–Crippen MR) is 87.4 cm³/mol. The van der Waals surface area contributed by atoms with Gasteiger partial charge in [-0.25, -0.2) is 4.98 Å². The van der Waals surface area contributed by atoms with Crippen LogP contribution in [0.3, 0.4) is 0 Å². The first-order valence-electron chi connectivity index (χ1n) is 6.59. The van der Waals surface area contributed by atoms with Gasteiger partial charge in [0.1, 0.15) is 17.1 Å². The highest BCUT2D eigenvalue weighted by Gasteiger charge is 2.06. The summed E-state index contributed by atoms with van der Waals surface area (Å²) in [6.45, 7) is 0.260. The maximum Gasteiger partial charge on any atom is 0.213 e. The van der Waals surface area contributed by atoms with Gasteiger partial charge in [0.15, 0.2) is 0 Å². The lowest BCUT2D eigenvalue weighted by molar-refractivity contribution is 1.05. The number of fused-ring (bicyclic) bond motifs is 1. The van der Waals surface area contributed by atoms with E-state index in [1.807, 2.05) is 30.3 Å². The minimum absolute atomic E-state index is 0.121. The van der Waals surface area contributed by atoms with Crippen LogP contribution in [0, 0.1) is 22.7 Å². The van der Waals surface area contributed by atoms with E-state index in [-0.39, 0.29) is 12.3 Å². The zero-order valence-electron chi connectivity index (χ0n) is 11.5. The van der Waals surface area contributed by atoms with E-state index in [4.69, 9.17) is 10.5 Å². The van der Waals surface area contributed by atoms with Crippen molar-refractivity contribution in [2.75, 3.05) is 0 Å². The van der Waals surface area contributed by atoms with Crippen LogP contribution in [-0.4, -0.2) is 10.7 Å². The minimum atomic E-state index is -0.121. The van der Waals surface area contributed by atoms with E-state index in [2.05, 4.69) is 28.2 Å². The molecule has 0 bridgehead atoms. The molecule has 0 saturated carbocycles. The van der Waals surface area contributed by atoms with E-state index in [1.165, 1.54) is 11.3 Å². The van der Waals surface area contributed by atoms with Crippen LogP contribution >= 0.6 is 11.3 Å². The van der Waals surface area contributed by atoms with Gasteiger partial charge in [-0.15, -0.1) is 11.3 Å². The molecule has 0 radical (unpaired) electrons. The van der Waals surface area contributed by atoms with Crippen LogP contribution in [0.4, 0.5) is 0 Å². The Kier molecular flexibility index (Phi) is 3.91. The smallest absolute Gasteiger partial charge is 0.213 e. The van der Waals surface area contributed by atoms with Gasteiger partial charge in [-0.05, 0) is 23.3 Å². The van der Waals surface area contributed by atoms with Crippen LogP contribution < -0.4 is 0 Å². The lowest BCUT2D eigenvalue weighted by Gasteiger charge is -2.00. The van der Waals surface area contributed by atoms with Crippen molar-refractivity contribution >= 4 is 27.3 Å². The standard InChI is InChI=1S/C17H10N4S/c18-9-14(10-19)20-11-17-21-15-7-6-13(8-16(15)22-17)12-4-2-1-3-5-12/h1-8H,11H2. The molecule has 1 heterocycles. The molecule has 2 aromatic carbocycles. The normalized spacial score (nSPS) is 9.91. The van der Waals surface area contributed by atoms with E-state index in [0.717, 1.165) is 26.4 Å². The van der Waals surface area contributed by atoms with Gasteiger partial charge in [-0.1, -0.05) is 36.4 Å². The van der Waals surface area contributed by atoms with Crippen molar-refractivity contribution < 1.29 is 0 Å². The molecule has 0 atom stereocenters. The number of nitriles is 2. The molecule has 4 nitrogen and oxygen atoms in total. The molecule has 3 rings (SSSR count). The largest absolute Gasteiger partial charge is 0.257 e. The molecule has 0 aliphatic heterocycles. The monoisotopic (exact) mass is 302 g/mol. The molecule has 0 spiro atoms. The molecule has 3 aromatic rings. The van der Waals surface area contributed by atoms with Gasteiger partial charge < -0.3 is 0 Å². The van der Waals surface area contributed by atoms with E-state index in [0.29, 0.717) is 0 Å². The van der Waals surface area contributed by atoms with Crippen molar-refractivity contribution in [3.05, 3.63) is 53.5 Å². The molecule has 22 heavy (non-hydrogen) atoms. The molecule has 0 unspecified atom stereocenters. The molecule has 0 aliphatic rings. The van der Waals surface area contributed by atoms with Crippen molar-refractivity contribution in [1.82, 2.24) is 4.98 Å². The number of thiazole rings is 1. The topological polar surface area (TPSA) is 72.8 Å². The summed E-state index contributed by atoms with van der Waals surface area (Å²) >= 11 is 1.53. The number of rotatable bonds is 3. The van der Waals surface area contributed by atoms with Crippen LogP contribution in [0.2, 0.25) is 0 Å². The predicted octanol–water partition coefficient (Wildman–Crippen LogP) is 3.95. The number of hydrogen-bond donors (Lipinski definition) is 0. The van der Waals surface area contributed by atoms with Crippen molar-refractivity contribution in [2.45, 2.75) is 6.54 Å². The first kappa shape index (κ1) is 13.9. The molecular formula is C17H10N4S. The Balaban J connectivity index is 1.93. The summed E-state index contributed by atoms with van der Waals surface area (Å²) in [5, 5.41) is 18.2. The molecule has 0 aliphatic carbocycles. The second-order valence-electron chi connectivity index (χ2n) is 4.54. The summed E-state index contributed by atoms with van der Waals surface area (Å²) < 4.78 is 1.07. The van der Waals surface area contributed by atoms with E-state index >= 15 is 0 Å². The fourth-order valence-corrected chi connectivity index (χ4v) is 3.02. The first-order valence-corrected chi connectivity index (χ1v) is 7.41. The third kappa shape index (κ3) is 2.85. The Morgan fingerprint density at radius 1 is 1.05 bits per heavy atom. The second kappa shape index (κ2) is 6.17. The zero-order valence-corrected chi connectivity index (χ0v) is 12.3. The highest BCUT2D eigenvalue weighted by atomic mass is 32.1. The Morgan fingerprint density at radius 2 is 1.82 bits per heavy atom. The number of benzene rings is 2. The summed E-state index contributed by atoms with van der Waals surface area (Å²) in [5.74, 6) is 0. The summed E-state index contributed by atoms with van der Waals surface area (Å²) in [5.41, 5.74) is 3.09. The van der Waals surface area contributed by atoms with Gasteiger partial charge >= 0.3 is 0 Å². The number of hydrogen-bond acceptors (Lipinski definition) is 5. The van der Waals surface area contributed by atoms with Crippen molar-refractivity contribution in [3.63, 3.8) is 0 Å². The molecular weight excluding hydrogens is 292 g/mol. The third-order valence-corrected chi connectivity index (χ3v) is 4.13. The Labute approximate surface area is 131 Å². The van der Waals surface area contributed by atoms with Gasteiger partial charge in [-0.3, -0.25) is 4.99 Å². The van der Waals surface area contributed by atoms with E-state index in [9.17, 15) is 0 Å². The SMILES string of the molecule is N#CC(C#N)=NCc1nc2ccc(-c3ccccc3)cc2s1. The fourth-order valence-electron chi connectivity index (χ4n) is 2.09. The maximum absolute atomic E-state index is 8.69. The number of aromatic nitrogens is 1. The van der Waals surface area contributed by atoms with E-state index < -0.39 is 0 Å². The van der Waals surface area contributed by atoms with E-state index in [1.54, 1.807) is 12.1 Å². The lowest BCUT2D eigenvalue weighted by atomic mass is 10.1. The average molecular weight is 302 g/mol. The lowest BCUT2D eigenvalue weighted by Crippen LogP contribution is -1.89. The van der Waals surface area contributed by atoms with Crippen LogP contribution in [0.1, 0.15) is 5.01 Å². The minimum Gasteiger partial charge on any atom is -0.257 e. The Bertz CT molecular complexity index is 911. The van der Waals surface area contributed by atoms with Crippen LogP contribution in [0.15, 0.2) is 53.5 Å². The molecule has 0 fully saturated rings. The van der Waals surface area contributed by atoms with Crippen molar-refractivity contribution in [1.29, 1.82) is 10.5 Å². The molecule has 0 N–H and O–H groups in total. The Hall–Kier alpha value is -3.02. The summed E-state index contributed by atoms with van der Waals surface area (Å²) in [6, 6.07) is 19.8. The molecule has 1 aromatic heterocycles. The average Bonchev–Trinajstić information content (AvgIpc) is 2.98. The maximum atomic E-state index is 8.69. The zero-order chi connectivity index (χ0) is 15.4. The molecule has 0 saturated heterocycles. The fraction of sp³-hybridized carbons (Fsp3) is 0.0588. The van der Waals surface area contributed by atoms with Gasteiger partial charge in [0.2, 0.25) is 5.71 Å². The second-order valence-corrected chi connectivity index (χ2v) is 5.66. The summed E-state index contributed by atoms with van der Waals surface area (Å²) in [6.07, 6.45) is 0. The highest BCUT2D eigenvalue weighted by Crippen LogP contribution is 2.28. The van der Waals surface area contributed by atoms with Gasteiger partial charge in [-0.2, -0.15) is 10.5 Å². The summed E-state index contributed by atoms with van der Waals surface area (Å²) in [7, 11) is 0. The van der Waals surface area contributed by atoms with Crippen LogP contribution in [0.25, 0.3) is 21.3 Å². The van der Waals surface area contributed by atoms with Crippen LogP contribution in [0.5, 0.6) is 0 Å². The number of nitrogens with zero attached hydrogens (tertiary/aromatic N) is 4. The molecule has 5 heteroatoms. The van der Waals surface area contributed by atoms with Gasteiger partial charge in [0.25, 0.3) is 0 Å². The highest BCUT2D eigenvalue weighted by molar-refractivity contribution is 7.18. The number of aliphatic imine (C=N–C) groups is 1. The molecule has 104 valence electrons. The first-order chi connectivity index (χ1) is 10.8. The van der Waals surface area contributed by atoms with Crippen molar-refractivity contribution in [3.8, 4) is 23.3 Å². The molecule has 0 amide bonds. The van der Waals surface area contributed by atoms with Gasteiger partial charge in [0.05, 0.1) is 16.8 Å². The quantitative estimate of drug-likeness (QED) is 0.687. The third-order valence-electron chi connectivity index (χ3n) is 3.12. The van der Waals surface area contributed by atoms with Crippen LogP contribution in [-0.2, 0) is 6.54 Å². The summed E-state index contributed by atoms with van der Waals surface area (Å²) in [4.78, 5) is 8.43. The van der Waals surface area contributed by atoms with Gasteiger partial charge in [0, 0.05) is 0 Å².